The maximum atomic E-state index is 8.77. The highest BCUT2D eigenvalue weighted by Gasteiger charge is 2.00. The van der Waals surface area contributed by atoms with E-state index in [0.29, 0.717) is 12.2 Å². The van der Waals surface area contributed by atoms with E-state index in [1.807, 2.05) is 19.1 Å². The molecule has 1 heterocycles. The van der Waals surface area contributed by atoms with Crippen LogP contribution in [0.5, 0.6) is 0 Å². The molecule has 0 aliphatic heterocycles. The van der Waals surface area contributed by atoms with Crippen LogP contribution in [0, 0.1) is 11.3 Å². The van der Waals surface area contributed by atoms with Crippen molar-refractivity contribution < 1.29 is 0 Å². The van der Waals surface area contributed by atoms with Gasteiger partial charge >= 0.3 is 0 Å². The second kappa shape index (κ2) is 5.15. The van der Waals surface area contributed by atoms with Crippen molar-refractivity contribution in [3.05, 3.63) is 41.7 Å². The number of nitrogens with one attached hydrogen (secondary N) is 1. The average Bonchev–Trinajstić information content (AvgIpc) is 2.18. The molecule has 1 aromatic heterocycles. The summed E-state index contributed by atoms with van der Waals surface area (Å²) in [5.74, 6) is 0. The van der Waals surface area contributed by atoms with Gasteiger partial charge in [0.05, 0.1) is 0 Å². The molecular weight excluding hydrogens is 174 g/mol. The van der Waals surface area contributed by atoms with Crippen LogP contribution in [0.1, 0.15) is 18.2 Å². The first kappa shape index (κ1) is 10.4. The summed E-state index contributed by atoms with van der Waals surface area (Å²) in [6.07, 6.45) is 1.63. The minimum Gasteiger partial charge on any atom is -0.309 e. The van der Waals surface area contributed by atoms with Crippen LogP contribution in [-0.4, -0.2) is 11.5 Å². The fraction of sp³-hybridized carbons (Fsp3) is 0.273. The Labute approximate surface area is 84.1 Å². The molecular formula is C11H13N3. The van der Waals surface area contributed by atoms with Gasteiger partial charge in [-0.1, -0.05) is 18.2 Å². The van der Waals surface area contributed by atoms with Gasteiger partial charge in [0.25, 0.3) is 0 Å². The van der Waals surface area contributed by atoms with Crippen molar-refractivity contribution in [2.75, 3.05) is 6.54 Å². The van der Waals surface area contributed by atoms with Crippen LogP contribution in [-0.2, 0) is 6.54 Å². The third kappa shape index (κ3) is 3.00. The molecule has 1 N–H and O–H groups in total. The molecule has 0 saturated heterocycles. The summed E-state index contributed by atoms with van der Waals surface area (Å²) in [6.45, 7) is 7.17. The van der Waals surface area contributed by atoms with E-state index < -0.39 is 0 Å². The lowest BCUT2D eigenvalue weighted by molar-refractivity contribution is 0.736. The Morgan fingerprint density at radius 3 is 3.14 bits per heavy atom. The van der Waals surface area contributed by atoms with E-state index in [1.165, 1.54) is 0 Å². The highest BCUT2D eigenvalue weighted by atomic mass is 14.9. The molecule has 1 aromatic rings. The van der Waals surface area contributed by atoms with Gasteiger partial charge in [-0.15, -0.1) is 0 Å². The zero-order valence-electron chi connectivity index (χ0n) is 8.25. The molecule has 0 aromatic carbocycles. The molecule has 0 bridgehead atoms. The summed E-state index contributed by atoms with van der Waals surface area (Å²) >= 11 is 0. The zero-order chi connectivity index (χ0) is 10.4. The highest BCUT2D eigenvalue weighted by molar-refractivity contribution is 5.30. The van der Waals surface area contributed by atoms with Gasteiger partial charge in [0.1, 0.15) is 11.8 Å². The molecule has 0 radical (unpaired) electrons. The Morgan fingerprint density at radius 2 is 2.50 bits per heavy atom. The van der Waals surface area contributed by atoms with Crippen LogP contribution < -0.4 is 5.32 Å². The number of aromatic nitrogens is 1. The molecule has 0 atom stereocenters. The first-order chi connectivity index (χ1) is 6.74. The maximum absolute atomic E-state index is 8.77. The van der Waals surface area contributed by atoms with E-state index in [2.05, 4.69) is 22.9 Å². The quantitative estimate of drug-likeness (QED) is 0.729. The zero-order valence-corrected chi connectivity index (χ0v) is 8.25. The van der Waals surface area contributed by atoms with E-state index in [4.69, 9.17) is 5.26 Å². The summed E-state index contributed by atoms with van der Waals surface area (Å²) in [4.78, 5) is 3.97. The van der Waals surface area contributed by atoms with Crippen LogP contribution in [0.2, 0.25) is 0 Å². The van der Waals surface area contributed by atoms with Crippen molar-refractivity contribution in [2.45, 2.75) is 13.5 Å². The van der Waals surface area contributed by atoms with Crippen molar-refractivity contribution in [1.29, 1.82) is 5.26 Å². The Hall–Kier alpha value is -1.66. The van der Waals surface area contributed by atoms with Crippen molar-refractivity contribution in [2.24, 2.45) is 0 Å². The van der Waals surface area contributed by atoms with Crippen LogP contribution in [0.3, 0.4) is 0 Å². The lowest BCUT2D eigenvalue weighted by Crippen LogP contribution is -2.16. The van der Waals surface area contributed by atoms with Crippen LogP contribution in [0.4, 0.5) is 0 Å². The standard InChI is InChI=1S/C11H13N3/c1-9(2)7-13-8-10-4-3-5-14-11(10)6-12/h3-5,13H,1,7-8H2,2H3. The SMILES string of the molecule is C=C(C)CNCc1cccnc1C#N. The summed E-state index contributed by atoms with van der Waals surface area (Å²) in [6, 6.07) is 5.79. The molecule has 0 unspecified atom stereocenters. The van der Waals surface area contributed by atoms with E-state index in [-0.39, 0.29) is 0 Å². The van der Waals surface area contributed by atoms with Crippen molar-refractivity contribution >= 4 is 0 Å². The summed E-state index contributed by atoms with van der Waals surface area (Å²) in [5, 5.41) is 12.0. The topological polar surface area (TPSA) is 48.7 Å². The van der Waals surface area contributed by atoms with Gasteiger partial charge in [0.15, 0.2) is 0 Å². The van der Waals surface area contributed by atoms with Crippen LogP contribution in [0.25, 0.3) is 0 Å². The largest absolute Gasteiger partial charge is 0.309 e. The monoisotopic (exact) mass is 187 g/mol. The van der Waals surface area contributed by atoms with Gasteiger partial charge < -0.3 is 5.32 Å². The van der Waals surface area contributed by atoms with Gasteiger partial charge in [-0.2, -0.15) is 5.26 Å². The predicted molar refractivity (Wildman–Crippen MR) is 55.5 cm³/mol. The van der Waals surface area contributed by atoms with E-state index >= 15 is 0 Å². The number of hydrogen-bond donors (Lipinski definition) is 1. The highest BCUT2D eigenvalue weighted by Crippen LogP contribution is 2.02. The number of nitrogens with zero attached hydrogens (tertiary/aromatic N) is 2. The number of hydrogen-bond acceptors (Lipinski definition) is 3. The first-order valence-corrected chi connectivity index (χ1v) is 4.43. The van der Waals surface area contributed by atoms with Crippen molar-refractivity contribution in [1.82, 2.24) is 10.3 Å². The third-order valence-electron chi connectivity index (χ3n) is 1.74. The second-order valence-corrected chi connectivity index (χ2v) is 3.18. The predicted octanol–water partition coefficient (Wildman–Crippen LogP) is 1.62. The summed E-state index contributed by atoms with van der Waals surface area (Å²) in [7, 11) is 0. The summed E-state index contributed by atoms with van der Waals surface area (Å²) < 4.78 is 0. The fourth-order valence-electron chi connectivity index (χ4n) is 1.09. The molecule has 0 saturated carbocycles. The van der Waals surface area contributed by atoms with Gasteiger partial charge in [0.2, 0.25) is 0 Å². The Balaban J connectivity index is 2.59. The number of nitriles is 1. The number of pyridine rings is 1. The van der Waals surface area contributed by atoms with Gasteiger partial charge in [-0.3, -0.25) is 0 Å². The van der Waals surface area contributed by atoms with Gasteiger partial charge in [0, 0.05) is 24.8 Å². The maximum Gasteiger partial charge on any atom is 0.144 e. The normalized spacial score (nSPS) is 9.43. The van der Waals surface area contributed by atoms with Gasteiger partial charge in [-0.05, 0) is 13.0 Å². The molecule has 0 aliphatic carbocycles. The molecule has 1 rings (SSSR count). The Kier molecular flexibility index (Phi) is 3.84. The molecule has 0 amide bonds. The minimum atomic E-state index is 0.488. The first-order valence-electron chi connectivity index (χ1n) is 4.43. The van der Waals surface area contributed by atoms with Crippen LogP contribution >= 0.6 is 0 Å². The van der Waals surface area contributed by atoms with Crippen molar-refractivity contribution in [3.63, 3.8) is 0 Å². The molecule has 3 heteroatoms. The van der Waals surface area contributed by atoms with Crippen LogP contribution in [0.15, 0.2) is 30.5 Å². The Morgan fingerprint density at radius 1 is 1.71 bits per heavy atom. The van der Waals surface area contributed by atoms with Gasteiger partial charge in [-0.25, -0.2) is 4.98 Å². The lowest BCUT2D eigenvalue weighted by atomic mass is 10.2. The average molecular weight is 187 g/mol. The smallest absolute Gasteiger partial charge is 0.144 e. The van der Waals surface area contributed by atoms with E-state index in [0.717, 1.165) is 17.7 Å². The molecule has 14 heavy (non-hydrogen) atoms. The lowest BCUT2D eigenvalue weighted by Gasteiger charge is -2.04. The third-order valence-corrected chi connectivity index (χ3v) is 1.74. The fourth-order valence-corrected chi connectivity index (χ4v) is 1.09. The molecule has 0 aliphatic rings. The molecule has 0 spiro atoms. The Bertz CT molecular complexity index is 363. The van der Waals surface area contributed by atoms with Crippen molar-refractivity contribution in [3.8, 4) is 6.07 Å². The van der Waals surface area contributed by atoms with E-state index in [1.54, 1.807) is 6.20 Å². The molecule has 72 valence electrons. The minimum absolute atomic E-state index is 0.488. The summed E-state index contributed by atoms with van der Waals surface area (Å²) in [5.41, 5.74) is 2.49. The number of rotatable bonds is 4. The van der Waals surface area contributed by atoms with E-state index in [9.17, 15) is 0 Å². The second-order valence-electron chi connectivity index (χ2n) is 3.18. The molecule has 3 nitrogen and oxygen atoms in total. The molecule has 0 fully saturated rings.